The van der Waals surface area contributed by atoms with Crippen LogP contribution in [0.25, 0.3) is 0 Å². The molecule has 0 saturated heterocycles. The number of ether oxygens (including phenoxy) is 3. The predicted molar refractivity (Wildman–Crippen MR) is 91.9 cm³/mol. The SMILES string of the molecule is CCOc1ccccc1OCC(=O)OCC(=O)Nc1cccnc1Cl. The molecule has 0 aliphatic rings. The summed E-state index contributed by atoms with van der Waals surface area (Å²) in [6, 6.07) is 10.2. The van der Waals surface area contributed by atoms with Gasteiger partial charge in [0.25, 0.3) is 5.91 Å². The van der Waals surface area contributed by atoms with E-state index in [0.717, 1.165) is 0 Å². The Hall–Kier alpha value is -2.80. The van der Waals surface area contributed by atoms with Crippen molar-refractivity contribution in [2.75, 3.05) is 25.1 Å². The summed E-state index contributed by atoms with van der Waals surface area (Å²) in [6.07, 6.45) is 1.50. The minimum absolute atomic E-state index is 0.151. The molecule has 132 valence electrons. The van der Waals surface area contributed by atoms with E-state index < -0.39 is 18.5 Å². The van der Waals surface area contributed by atoms with Gasteiger partial charge in [0.1, 0.15) is 0 Å². The highest BCUT2D eigenvalue weighted by molar-refractivity contribution is 6.32. The Kier molecular flexibility index (Phi) is 7.03. The van der Waals surface area contributed by atoms with Crippen LogP contribution in [0.15, 0.2) is 42.6 Å². The first kappa shape index (κ1) is 18.5. The topological polar surface area (TPSA) is 86.8 Å². The van der Waals surface area contributed by atoms with E-state index in [1.54, 1.807) is 36.4 Å². The van der Waals surface area contributed by atoms with Gasteiger partial charge in [0, 0.05) is 6.20 Å². The largest absolute Gasteiger partial charge is 0.490 e. The van der Waals surface area contributed by atoms with Crippen LogP contribution in [-0.4, -0.2) is 36.7 Å². The average molecular weight is 365 g/mol. The summed E-state index contributed by atoms with van der Waals surface area (Å²) in [5, 5.41) is 2.64. The van der Waals surface area contributed by atoms with E-state index in [1.807, 2.05) is 6.92 Å². The van der Waals surface area contributed by atoms with Crippen LogP contribution >= 0.6 is 11.6 Å². The van der Waals surface area contributed by atoms with Crippen LogP contribution in [0.1, 0.15) is 6.92 Å². The fourth-order valence-corrected chi connectivity index (χ4v) is 2.00. The Morgan fingerprint density at radius 2 is 1.80 bits per heavy atom. The molecule has 0 bridgehead atoms. The van der Waals surface area contributed by atoms with Crippen molar-refractivity contribution in [2.45, 2.75) is 6.92 Å². The van der Waals surface area contributed by atoms with Crippen LogP contribution in [0.4, 0.5) is 5.69 Å². The molecule has 1 amide bonds. The number of hydrogen-bond donors (Lipinski definition) is 1. The monoisotopic (exact) mass is 364 g/mol. The third-order valence-corrected chi connectivity index (χ3v) is 3.19. The first-order valence-electron chi connectivity index (χ1n) is 7.50. The smallest absolute Gasteiger partial charge is 0.344 e. The molecule has 7 nitrogen and oxygen atoms in total. The number of carbonyl (C=O) groups excluding carboxylic acids is 2. The Morgan fingerprint density at radius 3 is 2.48 bits per heavy atom. The van der Waals surface area contributed by atoms with E-state index in [4.69, 9.17) is 25.8 Å². The predicted octanol–water partition coefficient (Wildman–Crippen LogP) is 2.69. The molecule has 0 aliphatic carbocycles. The Morgan fingerprint density at radius 1 is 1.08 bits per heavy atom. The number of hydrogen-bond acceptors (Lipinski definition) is 6. The van der Waals surface area contributed by atoms with Gasteiger partial charge in [-0.1, -0.05) is 23.7 Å². The van der Waals surface area contributed by atoms with E-state index in [2.05, 4.69) is 10.3 Å². The van der Waals surface area contributed by atoms with E-state index in [1.165, 1.54) is 6.20 Å². The molecule has 0 saturated carbocycles. The maximum absolute atomic E-state index is 11.7. The molecule has 1 aromatic heterocycles. The number of benzene rings is 1. The first-order chi connectivity index (χ1) is 12.1. The normalized spacial score (nSPS) is 10.0. The lowest BCUT2D eigenvalue weighted by molar-refractivity contribution is -0.149. The summed E-state index contributed by atoms with van der Waals surface area (Å²) in [4.78, 5) is 27.3. The fourth-order valence-electron chi connectivity index (χ4n) is 1.83. The van der Waals surface area contributed by atoms with Gasteiger partial charge in [-0.3, -0.25) is 4.79 Å². The molecule has 1 N–H and O–H groups in total. The van der Waals surface area contributed by atoms with Gasteiger partial charge >= 0.3 is 5.97 Å². The van der Waals surface area contributed by atoms with Gasteiger partial charge in [0.2, 0.25) is 0 Å². The van der Waals surface area contributed by atoms with Crippen LogP contribution < -0.4 is 14.8 Å². The number of carbonyl (C=O) groups is 2. The number of pyridine rings is 1. The number of esters is 1. The fraction of sp³-hybridized carbons (Fsp3) is 0.235. The third kappa shape index (κ3) is 5.96. The molecule has 1 aromatic carbocycles. The Balaban J connectivity index is 1.77. The molecule has 2 aromatic rings. The lowest BCUT2D eigenvalue weighted by Gasteiger charge is -2.11. The second kappa shape index (κ2) is 9.48. The van der Waals surface area contributed by atoms with Crippen molar-refractivity contribution in [1.82, 2.24) is 4.98 Å². The maximum atomic E-state index is 11.7. The second-order valence-corrected chi connectivity index (χ2v) is 5.08. The zero-order chi connectivity index (χ0) is 18.1. The Labute approximate surface area is 149 Å². The summed E-state index contributed by atoms with van der Waals surface area (Å²) in [5.41, 5.74) is 0.340. The summed E-state index contributed by atoms with van der Waals surface area (Å²) in [6.45, 7) is 1.52. The number of rotatable bonds is 8. The molecule has 0 aliphatic heterocycles. The highest BCUT2D eigenvalue weighted by Gasteiger charge is 2.12. The van der Waals surface area contributed by atoms with Crippen LogP contribution in [0, 0.1) is 0 Å². The lowest BCUT2D eigenvalue weighted by Crippen LogP contribution is -2.24. The molecule has 0 unspecified atom stereocenters. The molecular weight excluding hydrogens is 348 g/mol. The zero-order valence-corrected chi connectivity index (χ0v) is 14.3. The molecule has 0 radical (unpaired) electrons. The van der Waals surface area contributed by atoms with Gasteiger partial charge in [-0.15, -0.1) is 0 Å². The van der Waals surface area contributed by atoms with Gasteiger partial charge in [-0.25, -0.2) is 9.78 Å². The zero-order valence-electron chi connectivity index (χ0n) is 13.5. The van der Waals surface area contributed by atoms with Gasteiger partial charge in [-0.05, 0) is 31.2 Å². The molecule has 0 spiro atoms. The molecule has 1 heterocycles. The van der Waals surface area contributed by atoms with Gasteiger partial charge in [0.05, 0.1) is 12.3 Å². The summed E-state index contributed by atoms with van der Waals surface area (Å²) in [7, 11) is 0. The van der Waals surface area contributed by atoms with Crippen molar-refractivity contribution in [3.8, 4) is 11.5 Å². The number of nitrogens with zero attached hydrogens (tertiary/aromatic N) is 1. The van der Waals surface area contributed by atoms with Gasteiger partial charge in [-0.2, -0.15) is 0 Å². The van der Waals surface area contributed by atoms with Crippen LogP contribution in [0.3, 0.4) is 0 Å². The van der Waals surface area contributed by atoms with Crippen LogP contribution in [-0.2, 0) is 14.3 Å². The Bertz CT molecular complexity index is 738. The standard InChI is InChI=1S/C17H17ClN2O5/c1-2-23-13-7-3-4-8-14(13)24-11-16(22)25-10-15(21)20-12-6-5-9-19-17(12)18/h3-9H,2,10-11H2,1H3,(H,20,21). The van der Waals surface area contributed by atoms with Crippen molar-refractivity contribution >= 4 is 29.2 Å². The van der Waals surface area contributed by atoms with Crippen molar-refractivity contribution in [2.24, 2.45) is 0 Å². The number of para-hydroxylation sites is 2. The molecule has 8 heteroatoms. The van der Waals surface area contributed by atoms with Crippen LogP contribution in [0.2, 0.25) is 5.15 Å². The van der Waals surface area contributed by atoms with Crippen molar-refractivity contribution < 1.29 is 23.8 Å². The number of halogens is 1. The minimum atomic E-state index is -0.682. The number of aromatic nitrogens is 1. The van der Waals surface area contributed by atoms with Crippen molar-refractivity contribution in [1.29, 1.82) is 0 Å². The molecular formula is C17H17ClN2O5. The lowest BCUT2D eigenvalue weighted by atomic mass is 10.3. The van der Waals surface area contributed by atoms with E-state index >= 15 is 0 Å². The van der Waals surface area contributed by atoms with E-state index in [-0.39, 0.29) is 11.8 Å². The van der Waals surface area contributed by atoms with Gasteiger partial charge in [0.15, 0.2) is 29.9 Å². The number of amides is 1. The average Bonchev–Trinajstić information content (AvgIpc) is 2.61. The van der Waals surface area contributed by atoms with E-state index in [9.17, 15) is 9.59 Å². The summed E-state index contributed by atoms with van der Waals surface area (Å²) >= 11 is 5.82. The van der Waals surface area contributed by atoms with E-state index in [0.29, 0.717) is 23.8 Å². The highest BCUT2D eigenvalue weighted by Crippen LogP contribution is 2.26. The van der Waals surface area contributed by atoms with Crippen LogP contribution in [0.5, 0.6) is 11.5 Å². The number of anilines is 1. The van der Waals surface area contributed by atoms with Gasteiger partial charge < -0.3 is 19.5 Å². The quantitative estimate of drug-likeness (QED) is 0.572. The molecule has 0 fully saturated rings. The van der Waals surface area contributed by atoms with Crippen molar-refractivity contribution in [3.63, 3.8) is 0 Å². The molecule has 25 heavy (non-hydrogen) atoms. The summed E-state index contributed by atoms with van der Waals surface area (Å²) < 4.78 is 15.6. The highest BCUT2D eigenvalue weighted by atomic mass is 35.5. The number of nitrogens with one attached hydrogen (secondary N) is 1. The molecule has 2 rings (SSSR count). The second-order valence-electron chi connectivity index (χ2n) is 4.72. The third-order valence-electron chi connectivity index (χ3n) is 2.89. The van der Waals surface area contributed by atoms with Crippen molar-refractivity contribution in [3.05, 3.63) is 47.7 Å². The maximum Gasteiger partial charge on any atom is 0.344 e. The summed E-state index contributed by atoms with van der Waals surface area (Å²) in [5.74, 6) is -0.258. The minimum Gasteiger partial charge on any atom is -0.490 e. The molecule has 0 atom stereocenters. The first-order valence-corrected chi connectivity index (χ1v) is 7.88.